The molecule has 0 aromatic rings. The van der Waals surface area contributed by atoms with E-state index in [4.69, 9.17) is 0 Å². The predicted octanol–water partition coefficient (Wildman–Crippen LogP) is 2.06. The molecule has 4 heteroatoms. The Morgan fingerprint density at radius 2 is 1.79 bits per heavy atom. The molecule has 1 amide bonds. The van der Waals surface area contributed by atoms with Gasteiger partial charge in [0, 0.05) is 19.0 Å². The van der Waals surface area contributed by atoms with Crippen LogP contribution >= 0.6 is 0 Å². The average Bonchev–Trinajstić information content (AvgIpc) is 2.76. The molecule has 0 bridgehead atoms. The number of rotatable bonds is 2. The van der Waals surface area contributed by atoms with Crippen molar-refractivity contribution in [3.63, 3.8) is 0 Å². The number of nitrogens with zero attached hydrogens (tertiary/aromatic N) is 2. The quantitative estimate of drug-likeness (QED) is 0.829. The molecule has 19 heavy (non-hydrogen) atoms. The van der Waals surface area contributed by atoms with Crippen LogP contribution in [0.5, 0.6) is 0 Å². The fourth-order valence-corrected chi connectivity index (χ4v) is 3.32. The minimum absolute atomic E-state index is 0.146. The third-order valence-corrected chi connectivity index (χ3v) is 4.80. The molecule has 0 atom stereocenters. The molecule has 0 radical (unpaired) electrons. The molecule has 1 aliphatic heterocycles. The first-order valence-electron chi connectivity index (χ1n) is 7.60. The van der Waals surface area contributed by atoms with Crippen molar-refractivity contribution in [2.75, 3.05) is 20.1 Å². The van der Waals surface area contributed by atoms with Gasteiger partial charge in [-0.3, -0.25) is 4.79 Å². The van der Waals surface area contributed by atoms with Crippen molar-refractivity contribution >= 4 is 5.91 Å². The summed E-state index contributed by atoms with van der Waals surface area (Å²) in [6, 6.07) is 2.38. The zero-order valence-electron chi connectivity index (χ0n) is 12.0. The monoisotopic (exact) mass is 263 g/mol. The van der Waals surface area contributed by atoms with Crippen LogP contribution in [-0.4, -0.2) is 36.5 Å². The van der Waals surface area contributed by atoms with Crippen molar-refractivity contribution in [2.24, 2.45) is 5.92 Å². The lowest BCUT2D eigenvalue weighted by Gasteiger charge is -2.36. The van der Waals surface area contributed by atoms with Crippen LogP contribution in [0.1, 0.15) is 51.4 Å². The second-order valence-electron chi connectivity index (χ2n) is 5.96. The van der Waals surface area contributed by atoms with Crippen LogP contribution in [-0.2, 0) is 4.79 Å². The lowest BCUT2D eigenvalue weighted by atomic mass is 9.77. The first-order valence-corrected chi connectivity index (χ1v) is 7.60. The van der Waals surface area contributed by atoms with Crippen LogP contribution in [0.15, 0.2) is 0 Å². The first kappa shape index (κ1) is 14.3. The van der Waals surface area contributed by atoms with E-state index in [-0.39, 0.29) is 5.92 Å². The number of hydrogen-bond donors (Lipinski definition) is 1. The zero-order valence-corrected chi connectivity index (χ0v) is 12.0. The summed E-state index contributed by atoms with van der Waals surface area (Å²) in [6.45, 7) is 1.87. The highest BCUT2D eigenvalue weighted by atomic mass is 16.2. The summed E-state index contributed by atoms with van der Waals surface area (Å²) in [6.07, 6.45) is 8.10. The molecule has 2 fully saturated rings. The fourth-order valence-electron chi connectivity index (χ4n) is 3.32. The Labute approximate surface area is 116 Å². The van der Waals surface area contributed by atoms with E-state index < -0.39 is 5.54 Å². The molecule has 1 N–H and O–H groups in total. The van der Waals surface area contributed by atoms with Crippen LogP contribution in [0, 0.1) is 17.2 Å². The van der Waals surface area contributed by atoms with Gasteiger partial charge in [0.2, 0.25) is 5.91 Å². The van der Waals surface area contributed by atoms with E-state index in [0.29, 0.717) is 5.91 Å². The molecule has 2 rings (SSSR count). The summed E-state index contributed by atoms with van der Waals surface area (Å²) in [4.78, 5) is 14.6. The van der Waals surface area contributed by atoms with Crippen molar-refractivity contribution < 1.29 is 4.79 Å². The van der Waals surface area contributed by atoms with Crippen LogP contribution in [0.4, 0.5) is 0 Å². The van der Waals surface area contributed by atoms with Gasteiger partial charge in [0.15, 0.2) is 0 Å². The van der Waals surface area contributed by atoms with Crippen LogP contribution in [0.2, 0.25) is 0 Å². The van der Waals surface area contributed by atoms with E-state index in [1.807, 2.05) is 7.05 Å². The smallest absolute Gasteiger partial charge is 0.225 e. The number of nitriles is 1. The van der Waals surface area contributed by atoms with E-state index in [1.54, 1.807) is 0 Å². The highest BCUT2D eigenvalue weighted by Gasteiger charge is 2.37. The maximum absolute atomic E-state index is 12.5. The summed E-state index contributed by atoms with van der Waals surface area (Å²) >= 11 is 0. The number of carbonyl (C=O) groups excluding carboxylic acids is 1. The molecule has 0 unspecified atom stereocenters. The number of likely N-dealkylation sites (tertiary alicyclic amines) is 1. The molecule has 1 aliphatic carbocycles. The molecule has 106 valence electrons. The molecule has 1 saturated heterocycles. The Morgan fingerprint density at radius 1 is 1.21 bits per heavy atom. The highest BCUT2D eigenvalue weighted by Crippen LogP contribution is 2.33. The Kier molecular flexibility index (Phi) is 4.81. The normalized spacial score (nSPS) is 32.4. The summed E-state index contributed by atoms with van der Waals surface area (Å²) in [7, 11) is 1.85. The number of carbonyl (C=O) groups is 1. The zero-order chi connectivity index (χ0) is 13.7. The van der Waals surface area contributed by atoms with Crippen molar-refractivity contribution in [1.29, 1.82) is 5.26 Å². The third kappa shape index (κ3) is 3.27. The molecule has 1 saturated carbocycles. The van der Waals surface area contributed by atoms with Gasteiger partial charge in [0.25, 0.3) is 0 Å². The van der Waals surface area contributed by atoms with Gasteiger partial charge in [0.1, 0.15) is 5.54 Å². The molecular weight excluding hydrogens is 238 g/mol. The maximum atomic E-state index is 12.5. The van der Waals surface area contributed by atoms with Crippen molar-refractivity contribution in [2.45, 2.75) is 56.9 Å². The summed E-state index contributed by atoms with van der Waals surface area (Å²) in [5.74, 6) is 0.484. The van der Waals surface area contributed by atoms with E-state index in [9.17, 15) is 10.1 Å². The van der Waals surface area contributed by atoms with E-state index >= 15 is 0 Å². The van der Waals surface area contributed by atoms with Crippen LogP contribution < -0.4 is 5.32 Å². The van der Waals surface area contributed by atoms with E-state index in [1.165, 1.54) is 12.8 Å². The minimum atomic E-state index is -0.393. The fraction of sp³-hybridized carbons (Fsp3) is 0.867. The minimum Gasteiger partial charge on any atom is -0.342 e. The Balaban J connectivity index is 1.90. The number of hydrogen-bond acceptors (Lipinski definition) is 3. The molecular formula is C15H25N3O. The van der Waals surface area contributed by atoms with Gasteiger partial charge in [-0.15, -0.1) is 0 Å². The van der Waals surface area contributed by atoms with Crippen LogP contribution in [0.25, 0.3) is 0 Å². The molecule has 1 heterocycles. The lowest BCUT2D eigenvalue weighted by Crippen LogP contribution is -2.47. The SMILES string of the molecule is CNC1(C#N)CCC(C(=O)N2CCCCCC2)CC1. The summed E-state index contributed by atoms with van der Waals surface area (Å²) < 4.78 is 0. The van der Waals surface area contributed by atoms with Crippen molar-refractivity contribution in [3.05, 3.63) is 0 Å². The standard InChI is InChI=1S/C15H25N3O/c1-17-15(12-16)8-6-13(7-9-15)14(19)18-10-4-2-3-5-11-18/h13,17H,2-11H2,1H3. The first-order chi connectivity index (χ1) is 9.21. The highest BCUT2D eigenvalue weighted by molar-refractivity contribution is 5.79. The van der Waals surface area contributed by atoms with Crippen molar-refractivity contribution in [3.8, 4) is 6.07 Å². The van der Waals surface area contributed by atoms with Gasteiger partial charge >= 0.3 is 0 Å². The summed E-state index contributed by atoms with van der Waals surface area (Å²) in [5, 5.41) is 12.4. The average molecular weight is 263 g/mol. The van der Waals surface area contributed by atoms with Gasteiger partial charge in [-0.1, -0.05) is 12.8 Å². The topological polar surface area (TPSA) is 56.1 Å². The van der Waals surface area contributed by atoms with Gasteiger partial charge in [0.05, 0.1) is 6.07 Å². The second-order valence-corrected chi connectivity index (χ2v) is 5.96. The molecule has 4 nitrogen and oxygen atoms in total. The van der Waals surface area contributed by atoms with Gasteiger partial charge < -0.3 is 10.2 Å². The van der Waals surface area contributed by atoms with E-state index in [2.05, 4.69) is 16.3 Å². The Bertz CT molecular complexity index is 345. The Hall–Kier alpha value is -1.08. The van der Waals surface area contributed by atoms with Crippen molar-refractivity contribution in [1.82, 2.24) is 10.2 Å². The molecule has 0 aromatic carbocycles. The Morgan fingerprint density at radius 3 is 2.26 bits per heavy atom. The number of amides is 1. The summed E-state index contributed by atoms with van der Waals surface area (Å²) in [5.41, 5.74) is -0.393. The molecule has 0 aromatic heterocycles. The predicted molar refractivity (Wildman–Crippen MR) is 74.4 cm³/mol. The van der Waals surface area contributed by atoms with Gasteiger partial charge in [-0.05, 0) is 45.6 Å². The largest absolute Gasteiger partial charge is 0.342 e. The molecule has 0 spiro atoms. The lowest BCUT2D eigenvalue weighted by molar-refractivity contribution is -0.136. The molecule has 2 aliphatic rings. The number of nitrogens with one attached hydrogen (secondary N) is 1. The van der Waals surface area contributed by atoms with E-state index in [0.717, 1.165) is 51.6 Å². The van der Waals surface area contributed by atoms with Gasteiger partial charge in [-0.25, -0.2) is 0 Å². The van der Waals surface area contributed by atoms with Crippen LogP contribution in [0.3, 0.4) is 0 Å². The van der Waals surface area contributed by atoms with Gasteiger partial charge in [-0.2, -0.15) is 5.26 Å². The third-order valence-electron chi connectivity index (χ3n) is 4.80. The maximum Gasteiger partial charge on any atom is 0.225 e. The second kappa shape index (κ2) is 6.38.